The molecule has 1 heteroatoms. The molecule has 1 aliphatic rings. The van der Waals surface area contributed by atoms with Crippen LogP contribution in [0, 0.1) is 0 Å². The Labute approximate surface area is 187 Å². The maximum absolute atomic E-state index is 3.78. The molecule has 0 amide bonds. The zero-order valence-corrected chi connectivity index (χ0v) is 18.2. The lowest BCUT2D eigenvalue weighted by atomic mass is 9.78. The molecule has 0 saturated heterocycles. The fraction of sp³-hybridized carbons (Fsp3) is 0.0968. The van der Waals surface area contributed by atoms with E-state index < -0.39 is 0 Å². The van der Waals surface area contributed by atoms with Gasteiger partial charge in [-0.15, -0.1) is 0 Å². The van der Waals surface area contributed by atoms with Gasteiger partial charge in [-0.05, 0) is 44.7 Å². The number of rotatable bonds is 1. The predicted molar refractivity (Wildman–Crippen MR) is 136 cm³/mol. The molecular formula is C31H23N. The molecule has 0 unspecified atom stereocenters. The lowest BCUT2D eigenvalue weighted by Gasteiger charge is -2.24. The number of para-hydroxylation sites is 1. The zero-order valence-electron chi connectivity index (χ0n) is 18.2. The summed E-state index contributed by atoms with van der Waals surface area (Å²) < 4.78 is 0. The monoisotopic (exact) mass is 409 g/mol. The molecule has 0 saturated carbocycles. The molecule has 7 rings (SSSR count). The van der Waals surface area contributed by atoms with Crippen LogP contribution in [0.25, 0.3) is 54.8 Å². The van der Waals surface area contributed by atoms with Gasteiger partial charge in [0.2, 0.25) is 0 Å². The number of benzene rings is 5. The van der Waals surface area contributed by atoms with Crippen LogP contribution in [0.5, 0.6) is 0 Å². The van der Waals surface area contributed by atoms with Gasteiger partial charge in [-0.3, -0.25) is 0 Å². The quantitative estimate of drug-likeness (QED) is 0.280. The third-order valence-electron chi connectivity index (χ3n) is 7.39. The van der Waals surface area contributed by atoms with E-state index in [0.717, 1.165) is 0 Å². The van der Waals surface area contributed by atoms with Gasteiger partial charge in [0.25, 0.3) is 0 Å². The Bertz CT molecular complexity index is 1700. The van der Waals surface area contributed by atoms with Gasteiger partial charge in [0.1, 0.15) is 0 Å². The molecule has 0 spiro atoms. The number of fused-ring (bicyclic) bond motifs is 8. The maximum Gasteiger partial charge on any atom is 0.0544 e. The Morgan fingerprint density at radius 1 is 0.562 bits per heavy atom. The van der Waals surface area contributed by atoms with Crippen LogP contribution in [0.1, 0.15) is 25.0 Å². The molecule has 1 N–H and O–H groups in total. The van der Waals surface area contributed by atoms with Crippen LogP contribution in [0.15, 0.2) is 97.1 Å². The van der Waals surface area contributed by atoms with Crippen molar-refractivity contribution in [2.24, 2.45) is 0 Å². The summed E-state index contributed by atoms with van der Waals surface area (Å²) in [6.07, 6.45) is 0. The average molecular weight is 410 g/mol. The van der Waals surface area contributed by atoms with Crippen LogP contribution in [-0.4, -0.2) is 4.98 Å². The maximum atomic E-state index is 3.78. The summed E-state index contributed by atoms with van der Waals surface area (Å²) in [4.78, 5) is 3.78. The Morgan fingerprint density at radius 2 is 1.22 bits per heavy atom. The molecule has 0 atom stereocenters. The van der Waals surface area contributed by atoms with Gasteiger partial charge in [-0.2, -0.15) is 0 Å². The number of aromatic amines is 1. The normalized spacial score (nSPS) is 14.2. The predicted octanol–water partition coefficient (Wildman–Crippen LogP) is 8.45. The van der Waals surface area contributed by atoms with Gasteiger partial charge < -0.3 is 4.98 Å². The Hall–Kier alpha value is -3.84. The van der Waals surface area contributed by atoms with Gasteiger partial charge in [-0.25, -0.2) is 0 Å². The molecule has 1 aliphatic carbocycles. The first kappa shape index (κ1) is 17.8. The molecular weight excluding hydrogens is 386 g/mol. The molecule has 1 heterocycles. The fourth-order valence-corrected chi connectivity index (χ4v) is 5.99. The summed E-state index contributed by atoms with van der Waals surface area (Å²) in [6.45, 7) is 4.72. The van der Waals surface area contributed by atoms with Crippen molar-refractivity contribution in [3.63, 3.8) is 0 Å². The molecule has 1 nitrogen and oxygen atoms in total. The van der Waals surface area contributed by atoms with Crippen LogP contribution >= 0.6 is 0 Å². The number of hydrogen-bond acceptors (Lipinski definition) is 0. The Kier molecular flexibility index (Phi) is 3.40. The van der Waals surface area contributed by atoms with Gasteiger partial charge in [0.15, 0.2) is 0 Å². The lowest BCUT2D eigenvalue weighted by Crippen LogP contribution is -2.16. The summed E-state index contributed by atoms with van der Waals surface area (Å²) in [5, 5.41) is 5.19. The molecule has 6 aromatic rings. The average Bonchev–Trinajstić information content (AvgIpc) is 3.33. The van der Waals surface area contributed by atoms with Gasteiger partial charge in [0.05, 0.1) is 5.52 Å². The van der Waals surface area contributed by atoms with Crippen molar-refractivity contribution in [1.29, 1.82) is 0 Å². The second-order valence-corrected chi connectivity index (χ2v) is 9.46. The first-order valence-corrected chi connectivity index (χ1v) is 11.3. The van der Waals surface area contributed by atoms with Crippen molar-refractivity contribution < 1.29 is 0 Å². The van der Waals surface area contributed by atoms with E-state index in [0.29, 0.717) is 0 Å². The Balaban J connectivity index is 1.58. The summed E-state index contributed by atoms with van der Waals surface area (Å²) >= 11 is 0. The zero-order chi connectivity index (χ0) is 21.4. The van der Waals surface area contributed by atoms with E-state index in [9.17, 15) is 0 Å². The third-order valence-corrected chi connectivity index (χ3v) is 7.39. The van der Waals surface area contributed by atoms with Gasteiger partial charge in [-0.1, -0.05) is 105 Å². The highest BCUT2D eigenvalue weighted by Gasteiger charge is 2.37. The molecule has 32 heavy (non-hydrogen) atoms. The number of H-pyrrole nitrogens is 1. The van der Waals surface area contributed by atoms with Crippen molar-refractivity contribution in [3.8, 4) is 22.3 Å². The minimum atomic E-state index is -0.0383. The number of aromatic nitrogens is 1. The summed E-state index contributed by atoms with van der Waals surface area (Å²) in [6, 6.07) is 35.5. The first-order valence-electron chi connectivity index (χ1n) is 11.3. The van der Waals surface area contributed by atoms with E-state index in [-0.39, 0.29) is 5.41 Å². The first-order chi connectivity index (χ1) is 15.6. The van der Waals surface area contributed by atoms with Gasteiger partial charge >= 0.3 is 0 Å². The summed E-state index contributed by atoms with van der Waals surface area (Å²) in [5.74, 6) is 0. The minimum Gasteiger partial charge on any atom is -0.354 e. The highest BCUT2D eigenvalue weighted by molar-refractivity contribution is 6.22. The summed E-state index contributed by atoms with van der Waals surface area (Å²) in [5.41, 5.74) is 10.6. The smallest absolute Gasteiger partial charge is 0.0544 e. The standard InChI is InChI=1S/C31H23N/c1-31(2)26-16-6-5-11-21(26)22-12-7-13-23(29(22)31)24-14-8-15-25-28-20-10-4-3-9-19(20)17-18-27(28)32-30(24)25/h3-18,32H,1-2H3. The van der Waals surface area contributed by atoms with E-state index in [1.54, 1.807) is 0 Å². The minimum absolute atomic E-state index is 0.0383. The molecule has 5 aromatic carbocycles. The number of nitrogens with one attached hydrogen (secondary N) is 1. The van der Waals surface area contributed by atoms with Crippen molar-refractivity contribution in [2.45, 2.75) is 19.3 Å². The topological polar surface area (TPSA) is 15.8 Å². The second kappa shape index (κ2) is 6.11. The highest BCUT2D eigenvalue weighted by atomic mass is 14.7. The van der Waals surface area contributed by atoms with Crippen molar-refractivity contribution >= 4 is 32.6 Å². The van der Waals surface area contributed by atoms with E-state index in [2.05, 4.69) is 116 Å². The Morgan fingerprint density at radius 3 is 2.12 bits per heavy atom. The van der Waals surface area contributed by atoms with E-state index in [1.807, 2.05) is 0 Å². The highest BCUT2D eigenvalue weighted by Crippen LogP contribution is 2.52. The molecule has 0 radical (unpaired) electrons. The number of hydrogen-bond donors (Lipinski definition) is 1. The van der Waals surface area contributed by atoms with E-state index in [4.69, 9.17) is 0 Å². The van der Waals surface area contributed by atoms with Crippen LogP contribution in [0.3, 0.4) is 0 Å². The van der Waals surface area contributed by atoms with Crippen LogP contribution < -0.4 is 0 Å². The van der Waals surface area contributed by atoms with Gasteiger partial charge in [0, 0.05) is 27.3 Å². The van der Waals surface area contributed by atoms with Crippen LogP contribution in [0.4, 0.5) is 0 Å². The summed E-state index contributed by atoms with van der Waals surface area (Å²) in [7, 11) is 0. The third kappa shape index (κ3) is 2.18. The molecule has 0 bridgehead atoms. The van der Waals surface area contributed by atoms with E-state index in [1.165, 1.54) is 66.0 Å². The molecule has 152 valence electrons. The van der Waals surface area contributed by atoms with E-state index >= 15 is 0 Å². The van der Waals surface area contributed by atoms with Crippen LogP contribution in [0.2, 0.25) is 0 Å². The lowest BCUT2D eigenvalue weighted by molar-refractivity contribution is 0.662. The molecule has 0 aliphatic heterocycles. The molecule has 1 aromatic heterocycles. The second-order valence-electron chi connectivity index (χ2n) is 9.46. The largest absolute Gasteiger partial charge is 0.354 e. The van der Waals surface area contributed by atoms with Crippen molar-refractivity contribution in [2.75, 3.05) is 0 Å². The van der Waals surface area contributed by atoms with Crippen LogP contribution in [-0.2, 0) is 5.41 Å². The van der Waals surface area contributed by atoms with Crippen molar-refractivity contribution in [1.82, 2.24) is 4.98 Å². The molecule has 0 fully saturated rings. The fourth-order valence-electron chi connectivity index (χ4n) is 5.99. The van der Waals surface area contributed by atoms with Crippen molar-refractivity contribution in [3.05, 3.63) is 108 Å². The SMILES string of the molecule is CC1(C)c2ccccc2-c2cccc(-c3cccc4c3[nH]c3ccc5ccccc5c34)c21.